The van der Waals surface area contributed by atoms with E-state index in [2.05, 4.69) is 20.8 Å². The zero-order chi connectivity index (χ0) is 14.5. The van der Waals surface area contributed by atoms with Gasteiger partial charge in [0.15, 0.2) is 6.29 Å². The predicted molar refractivity (Wildman–Crippen MR) is 80.5 cm³/mol. The molecule has 0 saturated heterocycles. The van der Waals surface area contributed by atoms with Gasteiger partial charge in [0.25, 0.3) is 0 Å². The summed E-state index contributed by atoms with van der Waals surface area (Å²) in [7, 11) is 0. The summed E-state index contributed by atoms with van der Waals surface area (Å²) in [4.78, 5) is 11.2. The topological polar surface area (TPSA) is 26.3 Å². The van der Waals surface area contributed by atoms with Crippen LogP contribution >= 0.6 is 11.6 Å². The van der Waals surface area contributed by atoms with Crippen LogP contribution in [0.25, 0.3) is 0 Å². The van der Waals surface area contributed by atoms with Gasteiger partial charge in [-0.3, -0.25) is 4.79 Å². The largest absolute Gasteiger partial charge is 0.489 e. The zero-order valence-corrected chi connectivity index (χ0v) is 13.0. The Morgan fingerprint density at radius 3 is 2.65 bits per heavy atom. The van der Waals surface area contributed by atoms with Crippen molar-refractivity contribution in [2.24, 2.45) is 16.7 Å². The maximum atomic E-state index is 11.2. The molecule has 3 heteroatoms. The van der Waals surface area contributed by atoms with Crippen molar-refractivity contribution in [3.05, 3.63) is 28.8 Å². The van der Waals surface area contributed by atoms with Crippen molar-refractivity contribution in [1.82, 2.24) is 0 Å². The standard InChI is InChI=1S/C17H21ClO2/c1-16(2)11-7-8-17(16,3)15(9-11)20-14-6-4-5-13(18)12(14)10-19/h4-6,10-11,15H,7-9H2,1-3H3. The van der Waals surface area contributed by atoms with Gasteiger partial charge in [-0.25, -0.2) is 0 Å². The molecule has 2 fully saturated rings. The lowest BCUT2D eigenvalue weighted by atomic mass is 9.70. The third-order valence-corrected chi connectivity index (χ3v) is 6.44. The van der Waals surface area contributed by atoms with Crippen molar-refractivity contribution in [3.63, 3.8) is 0 Å². The molecule has 0 spiro atoms. The first kappa shape index (κ1) is 13.9. The number of fused-ring (bicyclic) bond motifs is 2. The molecule has 1 aromatic rings. The van der Waals surface area contributed by atoms with E-state index in [9.17, 15) is 4.79 Å². The van der Waals surface area contributed by atoms with Crippen molar-refractivity contribution < 1.29 is 9.53 Å². The van der Waals surface area contributed by atoms with Crippen LogP contribution in [-0.4, -0.2) is 12.4 Å². The van der Waals surface area contributed by atoms with E-state index in [4.69, 9.17) is 16.3 Å². The van der Waals surface area contributed by atoms with Crippen LogP contribution in [-0.2, 0) is 0 Å². The van der Waals surface area contributed by atoms with Gasteiger partial charge in [0.2, 0.25) is 0 Å². The van der Waals surface area contributed by atoms with E-state index < -0.39 is 0 Å². The van der Waals surface area contributed by atoms with Gasteiger partial charge in [-0.15, -0.1) is 0 Å². The second-order valence-electron chi connectivity index (χ2n) is 6.99. The maximum Gasteiger partial charge on any atom is 0.155 e. The smallest absolute Gasteiger partial charge is 0.155 e. The van der Waals surface area contributed by atoms with E-state index in [0.29, 0.717) is 21.8 Å². The molecule has 3 rings (SSSR count). The summed E-state index contributed by atoms with van der Waals surface area (Å²) < 4.78 is 6.24. The van der Waals surface area contributed by atoms with E-state index in [0.717, 1.165) is 18.6 Å². The Kier molecular flexibility index (Phi) is 3.13. The molecule has 2 bridgehead atoms. The number of carbonyl (C=O) groups excluding carboxylic acids is 1. The lowest BCUT2D eigenvalue weighted by Gasteiger charge is -2.39. The molecular weight excluding hydrogens is 272 g/mol. The number of benzene rings is 1. The fourth-order valence-electron chi connectivity index (χ4n) is 4.20. The minimum atomic E-state index is 0.174. The first-order valence-corrected chi connectivity index (χ1v) is 7.68. The van der Waals surface area contributed by atoms with Crippen LogP contribution in [0.15, 0.2) is 18.2 Å². The van der Waals surface area contributed by atoms with Gasteiger partial charge in [-0.2, -0.15) is 0 Å². The van der Waals surface area contributed by atoms with Crippen molar-refractivity contribution in [2.45, 2.75) is 46.1 Å². The first-order valence-electron chi connectivity index (χ1n) is 7.30. The highest BCUT2D eigenvalue weighted by atomic mass is 35.5. The number of hydrogen-bond acceptors (Lipinski definition) is 2. The SMILES string of the molecule is CC1(C)C2CCC1(C)C(Oc1cccc(Cl)c1C=O)C2. The maximum absolute atomic E-state index is 11.2. The number of rotatable bonds is 3. The minimum Gasteiger partial charge on any atom is -0.489 e. The number of carbonyl (C=O) groups is 1. The number of halogens is 1. The second-order valence-corrected chi connectivity index (χ2v) is 7.39. The predicted octanol–water partition coefficient (Wildman–Crippen LogP) is 4.75. The quantitative estimate of drug-likeness (QED) is 0.752. The van der Waals surface area contributed by atoms with Gasteiger partial charge < -0.3 is 4.74 Å². The molecule has 0 radical (unpaired) electrons. The molecular formula is C17H21ClO2. The van der Waals surface area contributed by atoms with Gasteiger partial charge in [-0.05, 0) is 42.7 Å². The lowest BCUT2D eigenvalue weighted by Crippen LogP contribution is -2.39. The molecule has 108 valence electrons. The summed E-state index contributed by atoms with van der Waals surface area (Å²) in [6.45, 7) is 7.04. The molecule has 0 amide bonds. The van der Waals surface area contributed by atoms with Crippen molar-refractivity contribution in [1.29, 1.82) is 0 Å². The van der Waals surface area contributed by atoms with Crippen molar-refractivity contribution >= 4 is 17.9 Å². The van der Waals surface area contributed by atoms with Crippen LogP contribution in [0.2, 0.25) is 5.02 Å². The zero-order valence-electron chi connectivity index (χ0n) is 12.3. The third-order valence-electron chi connectivity index (χ3n) is 6.11. The van der Waals surface area contributed by atoms with E-state index in [1.165, 1.54) is 12.8 Å². The highest BCUT2D eigenvalue weighted by Crippen LogP contribution is 2.66. The van der Waals surface area contributed by atoms with E-state index in [1.807, 2.05) is 12.1 Å². The van der Waals surface area contributed by atoms with E-state index in [-0.39, 0.29) is 11.5 Å². The highest BCUT2D eigenvalue weighted by Gasteiger charge is 2.62. The fourth-order valence-corrected chi connectivity index (χ4v) is 4.41. The molecule has 1 aromatic carbocycles. The first-order chi connectivity index (χ1) is 9.40. The monoisotopic (exact) mass is 292 g/mol. The third kappa shape index (κ3) is 1.74. The summed E-state index contributed by atoms with van der Waals surface area (Å²) in [6, 6.07) is 5.41. The summed E-state index contributed by atoms with van der Waals surface area (Å²) in [5.41, 5.74) is 0.955. The Balaban J connectivity index is 1.91. The molecule has 0 heterocycles. The Morgan fingerprint density at radius 1 is 1.35 bits per heavy atom. The molecule has 2 nitrogen and oxygen atoms in total. The molecule has 3 unspecified atom stereocenters. The molecule has 0 N–H and O–H groups in total. The molecule has 2 saturated carbocycles. The van der Waals surface area contributed by atoms with E-state index >= 15 is 0 Å². The summed E-state index contributed by atoms with van der Waals surface area (Å²) >= 11 is 6.07. The van der Waals surface area contributed by atoms with Gasteiger partial charge in [0.05, 0.1) is 10.6 Å². The van der Waals surface area contributed by atoms with Gasteiger partial charge >= 0.3 is 0 Å². The molecule has 0 aliphatic heterocycles. The van der Waals surface area contributed by atoms with Gasteiger partial charge in [0.1, 0.15) is 11.9 Å². The fraction of sp³-hybridized carbons (Fsp3) is 0.588. The summed E-state index contributed by atoms with van der Waals surface area (Å²) in [5.74, 6) is 1.35. The number of hydrogen-bond donors (Lipinski definition) is 0. The molecule has 20 heavy (non-hydrogen) atoms. The van der Waals surface area contributed by atoms with Gasteiger partial charge in [-0.1, -0.05) is 38.4 Å². The molecule has 3 atom stereocenters. The highest BCUT2D eigenvalue weighted by molar-refractivity contribution is 6.33. The lowest BCUT2D eigenvalue weighted by molar-refractivity contribution is 0.0298. The molecule has 2 aliphatic carbocycles. The average molecular weight is 293 g/mol. The molecule has 0 aromatic heterocycles. The number of ether oxygens (including phenoxy) is 1. The van der Waals surface area contributed by atoms with E-state index in [1.54, 1.807) is 6.07 Å². The van der Waals surface area contributed by atoms with Gasteiger partial charge in [0, 0.05) is 5.41 Å². The van der Waals surface area contributed by atoms with Crippen LogP contribution in [0.1, 0.15) is 50.4 Å². The normalized spacial score (nSPS) is 34.2. The Hall–Kier alpha value is -1.02. The van der Waals surface area contributed by atoms with Crippen molar-refractivity contribution in [2.75, 3.05) is 0 Å². The number of aldehydes is 1. The Bertz CT molecular complexity index is 552. The van der Waals surface area contributed by atoms with Crippen LogP contribution in [0.5, 0.6) is 5.75 Å². The second kappa shape index (κ2) is 4.49. The summed E-state index contributed by atoms with van der Waals surface area (Å²) in [6.07, 6.45) is 4.53. The van der Waals surface area contributed by atoms with Crippen LogP contribution < -0.4 is 4.74 Å². The summed E-state index contributed by atoms with van der Waals surface area (Å²) in [5, 5.41) is 0.463. The van der Waals surface area contributed by atoms with Crippen LogP contribution in [0.4, 0.5) is 0 Å². The minimum absolute atomic E-state index is 0.174. The van der Waals surface area contributed by atoms with Crippen LogP contribution in [0.3, 0.4) is 0 Å². The Morgan fingerprint density at radius 2 is 2.10 bits per heavy atom. The molecule has 2 aliphatic rings. The van der Waals surface area contributed by atoms with Crippen LogP contribution in [0, 0.1) is 16.7 Å². The van der Waals surface area contributed by atoms with Crippen molar-refractivity contribution in [3.8, 4) is 5.75 Å². The Labute approximate surface area is 125 Å². The average Bonchev–Trinajstić information content (AvgIpc) is 2.72.